The first-order valence-corrected chi connectivity index (χ1v) is 8.02. The van der Waals surface area contributed by atoms with Gasteiger partial charge in [-0.3, -0.25) is 0 Å². The van der Waals surface area contributed by atoms with E-state index in [1.165, 1.54) is 12.1 Å². The molecule has 2 N–H and O–H groups in total. The van der Waals surface area contributed by atoms with Gasteiger partial charge in [-0.1, -0.05) is 0 Å². The molecule has 1 heterocycles. The fourth-order valence-corrected chi connectivity index (χ4v) is 3.31. The number of halogens is 1. The largest absolute Gasteiger partial charge is 0.316 e. The van der Waals surface area contributed by atoms with Crippen LogP contribution in [0.5, 0.6) is 0 Å². The monoisotopic (exact) mass is 286 g/mol. The fraction of sp³-hybridized carbons (Fsp3) is 0.538. The van der Waals surface area contributed by atoms with Crippen molar-refractivity contribution in [3.63, 3.8) is 0 Å². The summed E-state index contributed by atoms with van der Waals surface area (Å²) in [4.78, 5) is 0.107. The lowest BCUT2D eigenvalue weighted by molar-refractivity contribution is 0.358. The van der Waals surface area contributed by atoms with E-state index in [9.17, 15) is 12.8 Å². The maximum Gasteiger partial charge on any atom is 0.240 e. The number of nitrogens with one attached hydrogen (secondary N) is 2. The Kier molecular flexibility index (Phi) is 4.90. The lowest BCUT2D eigenvalue weighted by atomic mass is 9.96. The van der Waals surface area contributed by atoms with Gasteiger partial charge >= 0.3 is 0 Å². The first-order chi connectivity index (χ1) is 9.08. The maximum atomic E-state index is 12.7. The van der Waals surface area contributed by atoms with Gasteiger partial charge < -0.3 is 5.32 Å². The van der Waals surface area contributed by atoms with E-state index < -0.39 is 15.8 Å². The highest BCUT2D eigenvalue weighted by Gasteiger charge is 2.16. The van der Waals surface area contributed by atoms with Crippen LogP contribution < -0.4 is 10.0 Å². The second-order valence-electron chi connectivity index (χ2n) is 4.85. The Labute approximate surface area is 113 Å². The van der Waals surface area contributed by atoms with Crippen LogP contribution in [0.4, 0.5) is 4.39 Å². The predicted molar refractivity (Wildman–Crippen MR) is 71.8 cm³/mol. The average molecular weight is 286 g/mol. The van der Waals surface area contributed by atoms with Crippen LogP contribution in [0.1, 0.15) is 19.3 Å². The summed E-state index contributed by atoms with van der Waals surface area (Å²) in [7, 11) is -3.51. The summed E-state index contributed by atoms with van der Waals surface area (Å²) in [5.74, 6) is 0.0943. The molecule has 0 aromatic heterocycles. The molecule has 1 fully saturated rings. The van der Waals surface area contributed by atoms with Gasteiger partial charge in [-0.15, -0.1) is 0 Å². The van der Waals surface area contributed by atoms with Crippen LogP contribution in [-0.4, -0.2) is 28.1 Å². The lowest BCUT2D eigenvalue weighted by Gasteiger charge is -2.22. The van der Waals surface area contributed by atoms with E-state index in [4.69, 9.17) is 0 Å². The summed E-state index contributed by atoms with van der Waals surface area (Å²) in [6, 6.07) is 4.86. The maximum absolute atomic E-state index is 12.7. The molecule has 2 rings (SSSR count). The molecule has 0 bridgehead atoms. The molecule has 1 aromatic rings. The zero-order valence-corrected chi connectivity index (χ0v) is 11.5. The third-order valence-corrected chi connectivity index (χ3v) is 4.84. The highest BCUT2D eigenvalue weighted by Crippen LogP contribution is 2.14. The first-order valence-electron chi connectivity index (χ1n) is 6.54. The van der Waals surface area contributed by atoms with Crippen molar-refractivity contribution in [3.8, 4) is 0 Å². The summed E-state index contributed by atoms with van der Waals surface area (Å²) >= 11 is 0. The molecule has 0 amide bonds. The first kappa shape index (κ1) is 14.4. The summed E-state index contributed by atoms with van der Waals surface area (Å²) in [6.45, 7) is 2.43. The van der Waals surface area contributed by atoms with Gasteiger partial charge in [-0.05, 0) is 62.5 Å². The predicted octanol–water partition coefficient (Wildman–Crippen LogP) is 1.49. The van der Waals surface area contributed by atoms with Crippen LogP contribution in [0.25, 0.3) is 0 Å². The fourth-order valence-electron chi connectivity index (χ4n) is 2.26. The average Bonchev–Trinajstić information content (AvgIpc) is 2.40. The number of hydrogen-bond acceptors (Lipinski definition) is 3. The molecule has 1 aromatic carbocycles. The second-order valence-corrected chi connectivity index (χ2v) is 6.62. The van der Waals surface area contributed by atoms with Crippen LogP contribution in [-0.2, 0) is 10.0 Å². The molecule has 0 radical (unpaired) electrons. The van der Waals surface area contributed by atoms with Gasteiger partial charge in [0.25, 0.3) is 0 Å². The highest BCUT2D eigenvalue weighted by atomic mass is 32.2. The molecule has 1 aliphatic heterocycles. The number of rotatable bonds is 5. The zero-order chi connectivity index (χ0) is 13.7. The van der Waals surface area contributed by atoms with Crippen LogP contribution in [0, 0.1) is 11.7 Å². The Morgan fingerprint density at radius 1 is 1.32 bits per heavy atom. The van der Waals surface area contributed by atoms with Crippen LogP contribution in [0.3, 0.4) is 0 Å². The molecule has 0 spiro atoms. The Balaban J connectivity index is 1.85. The molecular weight excluding hydrogens is 267 g/mol. The van der Waals surface area contributed by atoms with Crippen LogP contribution in [0.2, 0.25) is 0 Å². The van der Waals surface area contributed by atoms with Crippen LogP contribution >= 0.6 is 0 Å². The van der Waals surface area contributed by atoms with E-state index in [2.05, 4.69) is 10.0 Å². The van der Waals surface area contributed by atoms with Crippen molar-refractivity contribution < 1.29 is 12.8 Å². The van der Waals surface area contributed by atoms with Gasteiger partial charge in [-0.2, -0.15) is 0 Å². The normalized spacial score (nSPS) is 20.4. The molecule has 1 atom stereocenters. The summed E-state index contributed by atoms with van der Waals surface area (Å²) in [5, 5.41) is 3.30. The topological polar surface area (TPSA) is 58.2 Å². The van der Waals surface area contributed by atoms with Crippen LogP contribution in [0.15, 0.2) is 29.2 Å². The third kappa shape index (κ3) is 4.26. The smallest absolute Gasteiger partial charge is 0.240 e. The number of piperidine rings is 1. The van der Waals surface area contributed by atoms with Crippen molar-refractivity contribution in [3.05, 3.63) is 30.1 Å². The molecule has 1 aliphatic rings. The molecule has 1 unspecified atom stereocenters. The number of hydrogen-bond donors (Lipinski definition) is 2. The van der Waals surface area contributed by atoms with E-state index in [1.807, 2.05) is 0 Å². The third-order valence-electron chi connectivity index (χ3n) is 3.37. The Hall–Kier alpha value is -0.980. The zero-order valence-electron chi connectivity index (χ0n) is 10.7. The summed E-state index contributed by atoms with van der Waals surface area (Å²) in [6.07, 6.45) is 3.12. The minimum Gasteiger partial charge on any atom is -0.316 e. The van der Waals surface area contributed by atoms with Gasteiger partial charge in [0.2, 0.25) is 10.0 Å². The molecule has 106 valence electrons. The molecule has 6 heteroatoms. The van der Waals surface area contributed by atoms with Crippen molar-refractivity contribution in [1.29, 1.82) is 0 Å². The standard InChI is InChI=1S/C13H19FN2O2S/c14-12-3-5-13(6-4-12)19(17,18)16-9-7-11-2-1-8-15-10-11/h3-6,11,15-16H,1-2,7-10H2. The molecule has 0 saturated carbocycles. The summed E-state index contributed by atoms with van der Waals surface area (Å²) < 4.78 is 39.2. The van der Waals surface area contributed by atoms with Crippen molar-refractivity contribution in [1.82, 2.24) is 10.0 Å². The molecule has 19 heavy (non-hydrogen) atoms. The van der Waals surface area contributed by atoms with E-state index in [0.717, 1.165) is 44.5 Å². The van der Waals surface area contributed by atoms with E-state index >= 15 is 0 Å². The molecule has 0 aliphatic carbocycles. The van der Waals surface area contributed by atoms with Crippen molar-refractivity contribution in [2.24, 2.45) is 5.92 Å². The van der Waals surface area contributed by atoms with Crippen molar-refractivity contribution in [2.45, 2.75) is 24.2 Å². The Morgan fingerprint density at radius 3 is 2.68 bits per heavy atom. The second kappa shape index (κ2) is 6.45. The van der Waals surface area contributed by atoms with E-state index in [-0.39, 0.29) is 4.90 Å². The molecule has 1 saturated heterocycles. The quantitative estimate of drug-likeness (QED) is 0.862. The number of benzene rings is 1. The van der Waals surface area contributed by atoms with Gasteiger partial charge in [0.05, 0.1) is 4.90 Å². The van der Waals surface area contributed by atoms with Crippen molar-refractivity contribution in [2.75, 3.05) is 19.6 Å². The molecule has 4 nitrogen and oxygen atoms in total. The van der Waals surface area contributed by atoms with Gasteiger partial charge in [0.15, 0.2) is 0 Å². The summed E-state index contributed by atoms with van der Waals surface area (Å²) in [5.41, 5.74) is 0. The Morgan fingerprint density at radius 2 is 2.05 bits per heavy atom. The van der Waals surface area contributed by atoms with Crippen molar-refractivity contribution >= 4 is 10.0 Å². The lowest BCUT2D eigenvalue weighted by Crippen LogP contribution is -2.33. The van der Waals surface area contributed by atoms with Gasteiger partial charge in [0, 0.05) is 6.54 Å². The van der Waals surface area contributed by atoms with Gasteiger partial charge in [-0.25, -0.2) is 17.5 Å². The SMILES string of the molecule is O=S(=O)(NCCC1CCCNC1)c1ccc(F)cc1. The molecular formula is C13H19FN2O2S. The minimum atomic E-state index is -3.51. The van der Waals surface area contributed by atoms with E-state index in [1.54, 1.807) is 0 Å². The Bertz CT molecular complexity index is 496. The minimum absolute atomic E-state index is 0.107. The number of sulfonamides is 1. The van der Waals surface area contributed by atoms with E-state index in [0.29, 0.717) is 12.5 Å². The highest BCUT2D eigenvalue weighted by molar-refractivity contribution is 7.89. The van der Waals surface area contributed by atoms with Gasteiger partial charge in [0.1, 0.15) is 5.82 Å².